The summed E-state index contributed by atoms with van der Waals surface area (Å²) < 4.78 is 6.97. The van der Waals surface area contributed by atoms with Gasteiger partial charge in [0.05, 0.1) is 41.8 Å². The summed E-state index contributed by atoms with van der Waals surface area (Å²) in [6, 6.07) is 9.84. The van der Waals surface area contributed by atoms with Gasteiger partial charge < -0.3 is 10.1 Å². The molecule has 1 amide bonds. The lowest BCUT2D eigenvalue weighted by atomic mass is 9.98. The normalized spacial score (nSPS) is 17.3. The molecule has 150 valence electrons. The smallest absolute Gasteiger partial charge is 0.310 e. The van der Waals surface area contributed by atoms with Crippen LogP contribution in [0.1, 0.15) is 31.2 Å². The number of hydrogen-bond acceptors (Lipinski definition) is 5. The third kappa shape index (κ3) is 4.59. The average Bonchev–Trinajstić information content (AvgIpc) is 2.97. The molecule has 28 heavy (non-hydrogen) atoms. The van der Waals surface area contributed by atoms with E-state index in [1.165, 1.54) is 0 Å². The van der Waals surface area contributed by atoms with Crippen LogP contribution in [-0.4, -0.2) is 52.8 Å². The number of likely N-dealkylation sites (tertiary alicyclic amines) is 1. The van der Waals surface area contributed by atoms with Crippen molar-refractivity contribution >= 4 is 17.6 Å². The van der Waals surface area contributed by atoms with E-state index in [1.807, 2.05) is 60.7 Å². The largest absolute Gasteiger partial charge is 0.466 e. The third-order valence-electron chi connectivity index (χ3n) is 5.05. The van der Waals surface area contributed by atoms with Crippen LogP contribution in [0.5, 0.6) is 0 Å². The summed E-state index contributed by atoms with van der Waals surface area (Å²) in [5.74, 6) is -0.405. The Kier molecular flexibility index (Phi) is 6.46. The van der Waals surface area contributed by atoms with E-state index in [9.17, 15) is 9.59 Å². The lowest BCUT2D eigenvalue weighted by molar-refractivity contribution is -0.150. The van der Waals surface area contributed by atoms with E-state index in [0.29, 0.717) is 13.2 Å². The summed E-state index contributed by atoms with van der Waals surface area (Å²) in [5, 5.41) is 7.57. The second-order valence-corrected chi connectivity index (χ2v) is 7.17. The van der Waals surface area contributed by atoms with Crippen LogP contribution in [0.3, 0.4) is 0 Å². The van der Waals surface area contributed by atoms with Gasteiger partial charge in [0.25, 0.3) is 0 Å². The van der Waals surface area contributed by atoms with Crippen molar-refractivity contribution in [2.75, 3.05) is 31.6 Å². The highest BCUT2D eigenvalue weighted by Gasteiger charge is 2.28. The minimum Gasteiger partial charge on any atom is -0.466 e. The first-order chi connectivity index (χ1) is 13.5. The van der Waals surface area contributed by atoms with Crippen molar-refractivity contribution in [3.05, 3.63) is 41.7 Å². The van der Waals surface area contributed by atoms with Crippen molar-refractivity contribution in [3.8, 4) is 5.69 Å². The Bertz CT molecular complexity index is 832. The Morgan fingerprint density at radius 2 is 2.00 bits per heavy atom. The van der Waals surface area contributed by atoms with Gasteiger partial charge in [-0.3, -0.25) is 14.5 Å². The number of aryl methyl sites for hydroxylation is 1. The van der Waals surface area contributed by atoms with Gasteiger partial charge in [0.15, 0.2) is 0 Å². The molecule has 1 fully saturated rings. The SMILES string of the molecule is CCOC(=O)C1CCCN(CC(=O)Nc2c(C)nn(-c3ccccc3)c2C)C1. The predicted octanol–water partition coefficient (Wildman–Crippen LogP) is 2.70. The van der Waals surface area contributed by atoms with Crippen LogP contribution in [0.2, 0.25) is 0 Å². The molecular formula is C21H28N4O3. The zero-order valence-corrected chi connectivity index (χ0v) is 16.8. The molecule has 0 spiro atoms. The number of hydrogen-bond donors (Lipinski definition) is 1. The Morgan fingerprint density at radius 3 is 2.71 bits per heavy atom. The molecule has 1 aromatic carbocycles. The number of anilines is 1. The van der Waals surface area contributed by atoms with Gasteiger partial charge >= 0.3 is 5.97 Å². The maximum absolute atomic E-state index is 12.6. The van der Waals surface area contributed by atoms with Gasteiger partial charge in [0, 0.05) is 6.54 Å². The number of piperidine rings is 1. The number of benzene rings is 1. The molecule has 0 aliphatic carbocycles. The molecule has 0 saturated carbocycles. The molecule has 1 saturated heterocycles. The number of aromatic nitrogens is 2. The number of carbonyl (C=O) groups is 2. The monoisotopic (exact) mass is 384 g/mol. The first-order valence-electron chi connectivity index (χ1n) is 9.80. The van der Waals surface area contributed by atoms with Crippen molar-refractivity contribution in [1.29, 1.82) is 0 Å². The summed E-state index contributed by atoms with van der Waals surface area (Å²) in [7, 11) is 0. The summed E-state index contributed by atoms with van der Waals surface area (Å²) in [5.41, 5.74) is 3.36. The fraction of sp³-hybridized carbons (Fsp3) is 0.476. The molecule has 7 heteroatoms. The second kappa shape index (κ2) is 9.01. The number of carbonyl (C=O) groups excluding carboxylic acids is 2. The van der Waals surface area contributed by atoms with Crippen LogP contribution in [0, 0.1) is 19.8 Å². The zero-order valence-electron chi connectivity index (χ0n) is 16.8. The number of rotatable bonds is 6. The van der Waals surface area contributed by atoms with Crippen LogP contribution < -0.4 is 5.32 Å². The number of amides is 1. The maximum atomic E-state index is 12.6. The van der Waals surface area contributed by atoms with E-state index in [-0.39, 0.29) is 24.3 Å². The molecule has 1 N–H and O–H groups in total. The number of para-hydroxylation sites is 1. The van der Waals surface area contributed by atoms with Crippen LogP contribution >= 0.6 is 0 Å². The molecular weight excluding hydrogens is 356 g/mol. The van der Waals surface area contributed by atoms with E-state index in [2.05, 4.69) is 10.4 Å². The van der Waals surface area contributed by atoms with E-state index in [0.717, 1.165) is 42.1 Å². The average molecular weight is 384 g/mol. The van der Waals surface area contributed by atoms with Crippen LogP contribution in [0.4, 0.5) is 5.69 Å². The van der Waals surface area contributed by atoms with E-state index >= 15 is 0 Å². The summed E-state index contributed by atoms with van der Waals surface area (Å²) >= 11 is 0. The van der Waals surface area contributed by atoms with Gasteiger partial charge in [0.1, 0.15) is 0 Å². The van der Waals surface area contributed by atoms with E-state index < -0.39 is 0 Å². The maximum Gasteiger partial charge on any atom is 0.310 e. The standard InChI is InChI=1S/C21H28N4O3/c1-4-28-21(27)17-9-8-12-24(13-17)14-19(26)22-20-15(2)23-25(16(20)3)18-10-6-5-7-11-18/h5-7,10-11,17H,4,8-9,12-14H2,1-3H3,(H,22,26). The predicted molar refractivity (Wildman–Crippen MR) is 107 cm³/mol. The van der Waals surface area contributed by atoms with Gasteiger partial charge in [-0.15, -0.1) is 0 Å². The van der Waals surface area contributed by atoms with Gasteiger partial charge in [-0.25, -0.2) is 4.68 Å². The lowest BCUT2D eigenvalue weighted by Crippen LogP contribution is -2.43. The zero-order chi connectivity index (χ0) is 20.1. The van der Waals surface area contributed by atoms with Crippen molar-refractivity contribution in [3.63, 3.8) is 0 Å². The van der Waals surface area contributed by atoms with Gasteiger partial charge in [0.2, 0.25) is 5.91 Å². The highest BCUT2D eigenvalue weighted by molar-refractivity contribution is 5.93. The van der Waals surface area contributed by atoms with Crippen LogP contribution in [0.25, 0.3) is 5.69 Å². The Morgan fingerprint density at radius 1 is 1.25 bits per heavy atom. The van der Waals surface area contributed by atoms with Gasteiger partial charge in [-0.05, 0) is 52.3 Å². The molecule has 2 aromatic rings. The van der Waals surface area contributed by atoms with Crippen LogP contribution in [0.15, 0.2) is 30.3 Å². The molecule has 7 nitrogen and oxygen atoms in total. The van der Waals surface area contributed by atoms with Crippen molar-refractivity contribution in [2.24, 2.45) is 5.92 Å². The number of nitrogens with one attached hydrogen (secondary N) is 1. The van der Waals surface area contributed by atoms with E-state index in [1.54, 1.807) is 0 Å². The number of ether oxygens (including phenoxy) is 1. The second-order valence-electron chi connectivity index (χ2n) is 7.17. The summed E-state index contributed by atoms with van der Waals surface area (Å²) in [6.07, 6.45) is 1.71. The molecule has 0 bridgehead atoms. The quantitative estimate of drug-likeness (QED) is 0.775. The molecule has 0 radical (unpaired) electrons. The molecule has 3 rings (SSSR count). The van der Waals surface area contributed by atoms with E-state index in [4.69, 9.17) is 4.74 Å². The lowest BCUT2D eigenvalue weighted by Gasteiger charge is -2.30. The fourth-order valence-electron chi connectivity index (χ4n) is 3.68. The highest BCUT2D eigenvalue weighted by atomic mass is 16.5. The molecule has 1 aliphatic heterocycles. The molecule has 1 aromatic heterocycles. The third-order valence-corrected chi connectivity index (χ3v) is 5.05. The first-order valence-corrected chi connectivity index (χ1v) is 9.80. The summed E-state index contributed by atoms with van der Waals surface area (Å²) in [4.78, 5) is 26.6. The molecule has 1 unspecified atom stereocenters. The van der Waals surface area contributed by atoms with Crippen molar-refractivity contribution in [2.45, 2.75) is 33.6 Å². The first kappa shape index (κ1) is 20.1. The molecule has 1 atom stereocenters. The van der Waals surface area contributed by atoms with Crippen LogP contribution in [-0.2, 0) is 14.3 Å². The number of nitrogens with zero attached hydrogens (tertiary/aromatic N) is 3. The van der Waals surface area contributed by atoms with Crippen molar-refractivity contribution < 1.29 is 14.3 Å². The topological polar surface area (TPSA) is 76.5 Å². The minimum absolute atomic E-state index is 0.0941. The summed E-state index contributed by atoms with van der Waals surface area (Å²) in [6.45, 7) is 7.66. The molecule has 2 heterocycles. The van der Waals surface area contributed by atoms with Gasteiger partial charge in [-0.1, -0.05) is 18.2 Å². The fourth-order valence-corrected chi connectivity index (χ4v) is 3.68. The number of esters is 1. The minimum atomic E-state index is -0.163. The highest BCUT2D eigenvalue weighted by Crippen LogP contribution is 2.23. The Hall–Kier alpha value is -2.67. The molecule has 1 aliphatic rings. The van der Waals surface area contributed by atoms with Crippen molar-refractivity contribution in [1.82, 2.24) is 14.7 Å². The Labute approximate surface area is 165 Å². The van der Waals surface area contributed by atoms with Gasteiger partial charge in [-0.2, -0.15) is 5.10 Å². The Balaban J connectivity index is 1.64.